The van der Waals surface area contributed by atoms with E-state index < -0.39 is 0 Å². The maximum absolute atomic E-state index is 12.8. The third kappa shape index (κ3) is 5.62. The van der Waals surface area contributed by atoms with E-state index >= 15 is 0 Å². The number of nitrogens with one attached hydrogen (secondary N) is 1. The number of carbonyl (C=O) groups excluding carboxylic acids is 2. The van der Waals surface area contributed by atoms with Crippen LogP contribution in [0.1, 0.15) is 30.1 Å². The average molecular weight is 456 g/mol. The third-order valence-electron chi connectivity index (χ3n) is 4.49. The summed E-state index contributed by atoms with van der Waals surface area (Å²) in [7, 11) is 0. The van der Waals surface area contributed by atoms with Gasteiger partial charge in [0.05, 0.1) is 16.7 Å². The average Bonchev–Trinajstić information content (AvgIpc) is 2.75. The van der Waals surface area contributed by atoms with E-state index in [-0.39, 0.29) is 29.5 Å². The third-order valence-corrected chi connectivity index (χ3v) is 5.71. The largest absolute Gasteiger partial charge is 0.326 e. The molecule has 0 spiro atoms. The molecule has 0 aliphatic carbocycles. The Hall–Kier alpha value is -2.90. The Balaban J connectivity index is 1.77. The van der Waals surface area contributed by atoms with Gasteiger partial charge < -0.3 is 5.32 Å². The molecular formula is C23H22ClN3O3S. The maximum atomic E-state index is 12.8. The van der Waals surface area contributed by atoms with Crippen molar-refractivity contribution in [3.05, 3.63) is 76.1 Å². The van der Waals surface area contributed by atoms with Crippen molar-refractivity contribution in [2.45, 2.75) is 31.5 Å². The number of nitrogens with zero attached hydrogens (tertiary/aromatic N) is 2. The summed E-state index contributed by atoms with van der Waals surface area (Å²) in [6.45, 7) is 5.92. The molecule has 6 nitrogen and oxygen atoms in total. The lowest BCUT2D eigenvalue weighted by Crippen LogP contribution is -2.23. The zero-order chi connectivity index (χ0) is 22.4. The van der Waals surface area contributed by atoms with E-state index in [1.54, 1.807) is 48.5 Å². The van der Waals surface area contributed by atoms with Crippen LogP contribution >= 0.6 is 23.4 Å². The second-order valence-electron chi connectivity index (χ2n) is 6.85. The Morgan fingerprint density at radius 3 is 2.65 bits per heavy atom. The number of hydrogen-bond acceptors (Lipinski definition) is 5. The van der Waals surface area contributed by atoms with E-state index in [0.29, 0.717) is 38.8 Å². The molecule has 0 aliphatic heterocycles. The van der Waals surface area contributed by atoms with Crippen LogP contribution < -0.4 is 10.9 Å². The predicted molar refractivity (Wildman–Crippen MR) is 126 cm³/mol. The first-order valence-corrected chi connectivity index (χ1v) is 11.2. The van der Waals surface area contributed by atoms with Crippen molar-refractivity contribution in [3.8, 4) is 0 Å². The number of allylic oxidation sites excluding steroid dienone is 1. The number of carbonyl (C=O) groups is 2. The molecule has 3 rings (SSSR count). The van der Waals surface area contributed by atoms with Gasteiger partial charge in [-0.25, -0.2) is 4.98 Å². The Morgan fingerprint density at radius 1 is 1.23 bits per heavy atom. The summed E-state index contributed by atoms with van der Waals surface area (Å²) in [4.78, 5) is 41.7. The molecule has 0 bridgehead atoms. The number of hydrogen-bond donors (Lipinski definition) is 1. The number of anilines is 1. The monoisotopic (exact) mass is 455 g/mol. The molecular weight excluding hydrogens is 434 g/mol. The first-order chi connectivity index (χ1) is 14.9. The second kappa shape index (κ2) is 10.4. The molecule has 3 aromatic rings. The fourth-order valence-electron chi connectivity index (χ4n) is 2.98. The summed E-state index contributed by atoms with van der Waals surface area (Å²) < 4.78 is 1.49. The van der Waals surface area contributed by atoms with Crippen molar-refractivity contribution in [1.82, 2.24) is 9.55 Å². The standard InChI is InChI=1S/C23H22ClN3O3S/c1-3-5-21(29)25-17-9-6-15(7-10-17)20(28)14-31-23-26-19-13-16(24)8-11-18(19)22(30)27(23)12-4-2/h4,6-11,13H,2-3,5,12,14H2,1H3,(H,25,29). The highest BCUT2D eigenvalue weighted by Crippen LogP contribution is 2.22. The molecule has 1 N–H and O–H groups in total. The Bertz CT molecular complexity index is 1190. The number of halogens is 1. The molecule has 31 heavy (non-hydrogen) atoms. The summed E-state index contributed by atoms with van der Waals surface area (Å²) >= 11 is 7.23. The number of Topliss-reactive ketones (excluding diaryl/α,β-unsaturated/α-hetero) is 1. The lowest BCUT2D eigenvalue weighted by atomic mass is 10.1. The van der Waals surface area contributed by atoms with E-state index in [9.17, 15) is 14.4 Å². The first kappa shape index (κ1) is 22.8. The summed E-state index contributed by atoms with van der Waals surface area (Å²) in [5.74, 6) is -0.0566. The van der Waals surface area contributed by atoms with E-state index in [1.165, 1.54) is 16.3 Å². The lowest BCUT2D eigenvalue weighted by molar-refractivity contribution is -0.116. The molecule has 0 radical (unpaired) electrons. The smallest absolute Gasteiger partial charge is 0.262 e. The number of benzene rings is 2. The first-order valence-electron chi connectivity index (χ1n) is 9.79. The number of thioether (sulfide) groups is 1. The van der Waals surface area contributed by atoms with Gasteiger partial charge >= 0.3 is 0 Å². The Labute approximate surface area is 189 Å². The van der Waals surface area contributed by atoms with Crippen molar-refractivity contribution >= 4 is 51.6 Å². The summed E-state index contributed by atoms with van der Waals surface area (Å²) in [6.07, 6.45) is 2.83. The minimum Gasteiger partial charge on any atom is -0.326 e. The quantitative estimate of drug-likeness (QED) is 0.214. The van der Waals surface area contributed by atoms with Gasteiger partial charge in [-0.2, -0.15) is 0 Å². The number of amides is 1. The molecule has 0 atom stereocenters. The normalized spacial score (nSPS) is 10.8. The van der Waals surface area contributed by atoms with Crippen molar-refractivity contribution in [3.63, 3.8) is 0 Å². The zero-order valence-electron chi connectivity index (χ0n) is 17.1. The van der Waals surface area contributed by atoms with Crippen LogP contribution in [0.2, 0.25) is 5.02 Å². The van der Waals surface area contributed by atoms with Crippen LogP contribution in [-0.4, -0.2) is 27.0 Å². The molecule has 1 heterocycles. The van der Waals surface area contributed by atoms with Crippen LogP contribution in [0, 0.1) is 0 Å². The molecule has 0 saturated heterocycles. The van der Waals surface area contributed by atoms with Gasteiger partial charge in [-0.05, 0) is 48.9 Å². The van der Waals surface area contributed by atoms with Gasteiger partial charge in [0.1, 0.15) is 0 Å². The zero-order valence-corrected chi connectivity index (χ0v) is 18.6. The minimum absolute atomic E-state index is 0.0557. The molecule has 0 fully saturated rings. The van der Waals surface area contributed by atoms with Crippen LogP contribution in [-0.2, 0) is 11.3 Å². The highest BCUT2D eigenvalue weighted by atomic mass is 35.5. The highest BCUT2D eigenvalue weighted by molar-refractivity contribution is 7.99. The molecule has 0 unspecified atom stereocenters. The minimum atomic E-state index is -0.205. The Morgan fingerprint density at radius 2 is 1.97 bits per heavy atom. The van der Waals surface area contributed by atoms with Crippen molar-refractivity contribution in [2.75, 3.05) is 11.1 Å². The maximum Gasteiger partial charge on any atom is 0.262 e. The van der Waals surface area contributed by atoms with Gasteiger partial charge in [0, 0.05) is 29.2 Å². The van der Waals surface area contributed by atoms with Crippen molar-refractivity contribution in [2.24, 2.45) is 0 Å². The van der Waals surface area contributed by atoms with Crippen LogP contribution in [0.25, 0.3) is 10.9 Å². The van der Waals surface area contributed by atoms with Crippen LogP contribution in [0.3, 0.4) is 0 Å². The predicted octanol–water partition coefficient (Wildman–Crippen LogP) is 4.95. The van der Waals surface area contributed by atoms with E-state index in [4.69, 9.17) is 11.6 Å². The molecule has 160 valence electrons. The molecule has 1 amide bonds. The molecule has 0 saturated carbocycles. The molecule has 0 aliphatic rings. The lowest BCUT2D eigenvalue weighted by Gasteiger charge is -2.11. The van der Waals surface area contributed by atoms with E-state index in [0.717, 1.165) is 6.42 Å². The number of aromatic nitrogens is 2. The van der Waals surface area contributed by atoms with Gasteiger partial charge in [-0.15, -0.1) is 6.58 Å². The van der Waals surface area contributed by atoms with Crippen LogP contribution in [0.15, 0.2) is 65.1 Å². The number of ketones is 1. The van der Waals surface area contributed by atoms with Crippen LogP contribution in [0.4, 0.5) is 5.69 Å². The Kier molecular flexibility index (Phi) is 7.65. The van der Waals surface area contributed by atoms with E-state index in [2.05, 4.69) is 16.9 Å². The van der Waals surface area contributed by atoms with Gasteiger partial charge in [0.25, 0.3) is 5.56 Å². The van der Waals surface area contributed by atoms with Gasteiger partial charge in [-0.1, -0.05) is 36.4 Å². The van der Waals surface area contributed by atoms with Crippen molar-refractivity contribution in [1.29, 1.82) is 0 Å². The number of fused-ring (bicyclic) bond motifs is 1. The fraction of sp³-hybridized carbons (Fsp3) is 0.217. The van der Waals surface area contributed by atoms with Gasteiger partial charge in [0.15, 0.2) is 10.9 Å². The highest BCUT2D eigenvalue weighted by Gasteiger charge is 2.14. The van der Waals surface area contributed by atoms with Gasteiger partial charge in [-0.3, -0.25) is 19.0 Å². The summed E-state index contributed by atoms with van der Waals surface area (Å²) in [5.41, 5.74) is 1.45. The summed E-state index contributed by atoms with van der Waals surface area (Å²) in [6, 6.07) is 11.7. The topological polar surface area (TPSA) is 81.1 Å². The SMILES string of the molecule is C=CCn1c(SCC(=O)c2ccc(NC(=O)CCC)cc2)nc2cc(Cl)ccc2c1=O. The van der Waals surface area contributed by atoms with Crippen LogP contribution in [0.5, 0.6) is 0 Å². The molecule has 1 aromatic heterocycles. The van der Waals surface area contributed by atoms with Gasteiger partial charge in [0.2, 0.25) is 5.91 Å². The van der Waals surface area contributed by atoms with E-state index in [1.807, 2.05) is 6.92 Å². The fourth-order valence-corrected chi connectivity index (χ4v) is 4.05. The van der Waals surface area contributed by atoms with Crippen molar-refractivity contribution < 1.29 is 9.59 Å². The summed E-state index contributed by atoms with van der Waals surface area (Å²) in [5, 5.41) is 4.17. The molecule has 8 heteroatoms. The molecule has 2 aromatic carbocycles. The second-order valence-corrected chi connectivity index (χ2v) is 8.23. The number of rotatable bonds is 9.